The van der Waals surface area contributed by atoms with Gasteiger partial charge < -0.3 is 14.7 Å². The van der Waals surface area contributed by atoms with Gasteiger partial charge in [0.25, 0.3) is 11.7 Å². The fourth-order valence-corrected chi connectivity index (χ4v) is 4.06. The van der Waals surface area contributed by atoms with Crippen molar-refractivity contribution < 1.29 is 23.8 Å². The molecule has 0 spiro atoms. The first-order chi connectivity index (χ1) is 15.1. The maximum Gasteiger partial charge on any atom is 0.295 e. The third-order valence-electron chi connectivity index (χ3n) is 5.66. The van der Waals surface area contributed by atoms with Crippen LogP contribution in [0.3, 0.4) is 0 Å². The number of amides is 1. The molecular weight excluding hydrogens is 401 g/mol. The highest BCUT2D eigenvalue weighted by Crippen LogP contribution is 2.39. The summed E-state index contributed by atoms with van der Waals surface area (Å²) in [4.78, 5) is 33.6. The number of aromatic nitrogens is 1. The molecule has 2 aliphatic heterocycles. The molecule has 31 heavy (non-hydrogen) atoms. The molecule has 0 aliphatic carbocycles. The lowest BCUT2D eigenvalue weighted by atomic mass is 9.96. The zero-order valence-electron chi connectivity index (χ0n) is 17.0. The first kappa shape index (κ1) is 21.1. The summed E-state index contributed by atoms with van der Waals surface area (Å²) in [5.74, 6) is -2.15. The summed E-state index contributed by atoms with van der Waals surface area (Å²) in [6.45, 7) is 4.23. The molecule has 0 radical (unpaired) electrons. The highest BCUT2D eigenvalue weighted by molar-refractivity contribution is 6.46. The van der Waals surface area contributed by atoms with Crippen LogP contribution in [0.1, 0.15) is 23.6 Å². The van der Waals surface area contributed by atoms with Gasteiger partial charge in [-0.25, -0.2) is 4.39 Å². The second-order valence-electron chi connectivity index (χ2n) is 7.59. The summed E-state index contributed by atoms with van der Waals surface area (Å²) in [7, 11) is 0. The Bertz CT molecular complexity index is 972. The quantitative estimate of drug-likeness (QED) is 0.435. The number of Topliss-reactive ketones (excluding diaryl/α,β-unsaturated/α-hetero) is 1. The second kappa shape index (κ2) is 9.36. The third kappa shape index (κ3) is 4.50. The number of likely N-dealkylation sites (tertiary alicyclic amines) is 1. The van der Waals surface area contributed by atoms with Crippen molar-refractivity contribution in [1.82, 2.24) is 14.8 Å². The van der Waals surface area contributed by atoms with Crippen LogP contribution in [0, 0.1) is 5.82 Å². The van der Waals surface area contributed by atoms with Crippen molar-refractivity contribution in [1.29, 1.82) is 0 Å². The van der Waals surface area contributed by atoms with Gasteiger partial charge in [0.15, 0.2) is 0 Å². The van der Waals surface area contributed by atoms with Crippen LogP contribution < -0.4 is 0 Å². The van der Waals surface area contributed by atoms with E-state index in [9.17, 15) is 19.1 Å². The van der Waals surface area contributed by atoms with Gasteiger partial charge in [-0.3, -0.25) is 19.5 Å². The minimum absolute atomic E-state index is 0.00850. The molecule has 7 nitrogen and oxygen atoms in total. The van der Waals surface area contributed by atoms with Gasteiger partial charge in [0.2, 0.25) is 0 Å². The molecule has 4 rings (SSSR count). The molecule has 8 heteroatoms. The highest BCUT2D eigenvalue weighted by Gasteiger charge is 2.45. The van der Waals surface area contributed by atoms with Crippen LogP contribution >= 0.6 is 0 Å². The Morgan fingerprint density at radius 3 is 2.42 bits per heavy atom. The standard InChI is InChI=1S/C23H24FN3O4/c24-18-4-2-17(3-5-18)21(28)19-20(16-6-8-25-9-7-16)27(23(30)22(19)29)11-1-10-26-12-14-31-15-13-26/h2-9,20,28H,1,10-15H2/t20-/m1/s1. The Morgan fingerprint density at radius 1 is 1.06 bits per heavy atom. The van der Waals surface area contributed by atoms with Crippen LogP contribution in [0.5, 0.6) is 0 Å². The van der Waals surface area contributed by atoms with E-state index < -0.39 is 23.5 Å². The molecule has 162 valence electrons. The molecular formula is C23H24FN3O4. The lowest BCUT2D eigenvalue weighted by Gasteiger charge is -2.29. The Hall–Kier alpha value is -3.10. The number of aliphatic hydroxyl groups is 1. The van der Waals surface area contributed by atoms with E-state index >= 15 is 0 Å². The van der Waals surface area contributed by atoms with Gasteiger partial charge in [-0.2, -0.15) is 0 Å². The molecule has 0 saturated carbocycles. The Morgan fingerprint density at radius 2 is 1.74 bits per heavy atom. The molecule has 1 atom stereocenters. The van der Waals surface area contributed by atoms with E-state index in [4.69, 9.17) is 4.74 Å². The van der Waals surface area contributed by atoms with E-state index in [0.717, 1.165) is 19.6 Å². The van der Waals surface area contributed by atoms with Gasteiger partial charge in [0, 0.05) is 44.1 Å². The SMILES string of the molecule is O=C1C(=O)N(CCCN2CCOCC2)[C@H](c2ccncc2)C1=C(O)c1ccc(F)cc1. The normalized spacial score (nSPS) is 21.6. The fraction of sp³-hybridized carbons (Fsp3) is 0.348. The molecule has 3 heterocycles. The van der Waals surface area contributed by atoms with Gasteiger partial charge in [-0.05, 0) is 48.4 Å². The topological polar surface area (TPSA) is 83.0 Å². The number of ketones is 1. The van der Waals surface area contributed by atoms with Crippen LogP contribution in [-0.4, -0.2) is 71.0 Å². The summed E-state index contributed by atoms with van der Waals surface area (Å²) in [6.07, 6.45) is 3.85. The average Bonchev–Trinajstić information content (AvgIpc) is 3.05. The highest BCUT2D eigenvalue weighted by atomic mass is 19.1. The van der Waals surface area contributed by atoms with E-state index in [1.54, 1.807) is 24.5 Å². The number of halogens is 1. The van der Waals surface area contributed by atoms with Crippen LogP contribution in [0.2, 0.25) is 0 Å². The molecule has 2 aromatic rings. The van der Waals surface area contributed by atoms with Crippen LogP contribution in [0.25, 0.3) is 5.76 Å². The predicted molar refractivity (Wildman–Crippen MR) is 112 cm³/mol. The summed E-state index contributed by atoms with van der Waals surface area (Å²) in [5, 5.41) is 10.9. The predicted octanol–water partition coefficient (Wildman–Crippen LogP) is 2.36. The first-order valence-electron chi connectivity index (χ1n) is 10.3. The van der Waals surface area contributed by atoms with E-state index in [1.807, 2.05) is 0 Å². The van der Waals surface area contributed by atoms with Crippen molar-refractivity contribution in [2.45, 2.75) is 12.5 Å². The smallest absolute Gasteiger partial charge is 0.295 e. The van der Waals surface area contributed by atoms with Crippen molar-refractivity contribution in [2.75, 3.05) is 39.4 Å². The summed E-state index contributed by atoms with van der Waals surface area (Å²) < 4.78 is 18.7. The maximum absolute atomic E-state index is 13.3. The number of carbonyl (C=O) groups is 2. The molecule has 2 fully saturated rings. The number of aliphatic hydroxyl groups excluding tert-OH is 1. The van der Waals surface area contributed by atoms with Crippen LogP contribution in [-0.2, 0) is 14.3 Å². The number of benzene rings is 1. The monoisotopic (exact) mass is 425 g/mol. The molecule has 2 aliphatic rings. The number of hydrogen-bond acceptors (Lipinski definition) is 6. The first-order valence-corrected chi connectivity index (χ1v) is 10.3. The Labute approximate surface area is 179 Å². The van der Waals surface area contributed by atoms with Gasteiger partial charge in [-0.1, -0.05) is 0 Å². The number of morpholine rings is 1. The van der Waals surface area contributed by atoms with E-state index in [0.29, 0.717) is 31.7 Å². The molecule has 0 unspecified atom stereocenters. The fourth-order valence-electron chi connectivity index (χ4n) is 4.06. The van der Waals surface area contributed by atoms with Crippen molar-refractivity contribution in [3.8, 4) is 0 Å². The summed E-state index contributed by atoms with van der Waals surface area (Å²) in [6, 6.07) is 7.91. The van der Waals surface area contributed by atoms with Crippen molar-refractivity contribution in [3.63, 3.8) is 0 Å². The molecule has 2 saturated heterocycles. The third-order valence-corrected chi connectivity index (χ3v) is 5.66. The molecule has 0 bridgehead atoms. The number of carbonyl (C=O) groups excluding carboxylic acids is 2. The van der Waals surface area contributed by atoms with Gasteiger partial charge in [0.05, 0.1) is 24.8 Å². The number of rotatable bonds is 6. The molecule has 1 aromatic carbocycles. The van der Waals surface area contributed by atoms with Crippen molar-refractivity contribution in [2.24, 2.45) is 0 Å². The zero-order chi connectivity index (χ0) is 21.8. The van der Waals surface area contributed by atoms with Crippen molar-refractivity contribution >= 4 is 17.4 Å². The second-order valence-corrected chi connectivity index (χ2v) is 7.59. The molecule has 1 N–H and O–H groups in total. The van der Waals surface area contributed by atoms with Gasteiger partial charge in [0.1, 0.15) is 11.6 Å². The maximum atomic E-state index is 13.3. The number of hydrogen-bond donors (Lipinski definition) is 1. The van der Waals surface area contributed by atoms with Gasteiger partial charge in [-0.15, -0.1) is 0 Å². The van der Waals surface area contributed by atoms with Crippen LogP contribution in [0.15, 0.2) is 54.4 Å². The molecule has 1 aromatic heterocycles. The Balaban J connectivity index is 1.64. The Kier molecular flexibility index (Phi) is 6.39. The van der Waals surface area contributed by atoms with Crippen LogP contribution in [0.4, 0.5) is 4.39 Å². The lowest BCUT2D eigenvalue weighted by molar-refractivity contribution is -0.140. The summed E-state index contributed by atoms with van der Waals surface area (Å²) >= 11 is 0. The average molecular weight is 425 g/mol. The van der Waals surface area contributed by atoms with E-state index in [1.165, 1.54) is 29.2 Å². The number of nitrogens with zero attached hydrogens (tertiary/aromatic N) is 3. The number of pyridine rings is 1. The van der Waals surface area contributed by atoms with Gasteiger partial charge >= 0.3 is 0 Å². The summed E-state index contributed by atoms with van der Waals surface area (Å²) in [5.41, 5.74) is 0.977. The molecule has 1 amide bonds. The van der Waals surface area contributed by atoms with E-state index in [-0.39, 0.29) is 16.9 Å². The minimum atomic E-state index is -0.741. The minimum Gasteiger partial charge on any atom is -0.507 e. The lowest BCUT2D eigenvalue weighted by Crippen LogP contribution is -2.38. The number of ether oxygens (including phenoxy) is 1. The van der Waals surface area contributed by atoms with Crippen molar-refractivity contribution in [3.05, 3.63) is 71.3 Å². The zero-order valence-corrected chi connectivity index (χ0v) is 17.0. The largest absolute Gasteiger partial charge is 0.507 e. The van der Waals surface area contributed by atoms with E-state index in [2.05, 4.69) is 9.88 Å².